The molecule has 3 rings (SSSR count). The van der Waals surface area contributed by atoms with E-state index in [-0.39, 0.29) is 30.6 Å². The number of cyclic esters (lactones) is 1. The number of rotatable bonds is 6. The lowest BCUT2D eigenvalue weighted by atomic mass is 9.60. The minimum Gasteiger partial charge on any atom is -0.462 e. The molecule has 8 atom stereocenters. The highest BCUT2D eigenvalue weighted by molar-refractivity contribution is 5.76. The van der Waals surface area contributed by atoms with E-state index in [4.69, 9.17) is 9.47 Å². The van der Waals surface area contributed by atoms with Crippen molar-refractivity contribution in [2.75, 3.05) is 0 Å². The van der Waals surface area contributed by atoms with Gasteiger partial charge in [-0.25, -0.2) is 0 Å². The van der Waals surface area contributed by atoms with Crippen molar-refractivity contribution in [1.29, 1.82) is 0 Å². The van der Waals surface area contributed by atoms with Crippen LogP contribution < -0.4 is 0 Å². The Bertz CT molecular complexity index is 654. The van der Waals surface area contributed by atoms with Gasteiger partial charge in [-0.3, -0.25) is 9.59 Å². The Balaban J connectivity index is 1.74. The summed E-state index contributed by atoms with van der Waals surface area (Å²) in [6, 6.07) is 0. The smallest absolute Gasteiger partial charge is 0.311 e. The zero-order valence-electron chi connectivity index (χ0n) is 19.3. The molecule has 0 amide bonds. The summed E-state index contributed by atoms with van der Waals surface area (Å²) < 4.78 is 11.7. The molecule has 30 heavy (non-hydrogen) atoms. The number of fused-ring (bicyclic) bond motifs is 1. The lowest BCUT2D eigenvalue weighted by molar-refractivity contribution is -0.171. The fraction of sp³-hybridized carbons (Fsp3) is 0.840. The van der Waals surface area contributed by atoms with Gasteiger partial charge in [0, 0.05) is 12.3 Å². The molecule has 5 heteroatoms. The first-order valence-corrected chi connectivity index (χ1v) is 11.9. The van der Waals surface area contributed by atoms with Crippen molar-refractivity contribution in [2.24, 2.45) is 35.0 Å². The van der Waals surface area contributed by atoms with Gasteiger partial charge in [0.1, 0.15) is 12.2 Å². The molecule has 2 fully saturated rings. The first-order valence-electron chi connectivity index (χ1n) is 11.9. The van der Waals surface area contributed by atoms with Crippen molar-refractivity contribution in [3.05, 3.63) is 12.2 Å². The quantitative estimate of drug-likeness (QED) is 0.499. The molecule has 0 aromatic carbocycles. The second-order valence-corrected chi connectivity index (χ2v) is 10.7. The van der Waals surface area contributed by atoms with Gasteiger partial charge in [0.25, 0.3) is 0 Å². The predicted molar refractivity (Wildman–Crippen MR) is 115 cm³/mol. The lowest BCUT2D eigenvalue weighted by Crippen LogP contribution is -2.47. The first kappa shape index (κ1) is 23.3. The largest absolute Gasteiger partial charge is 0.462 e. The van der Waals surface area contributed by atoms with E-state index in [2.05, 4.69) is 26.0 Å². The summed E-state index contributed by atoms with van der Waals surface area (Å²) in [5.74, 6) is 1.65. The number of aliphatic hydroxyl groups is 1. The maximum Gasteiger partial charge on any atom is 0.311 e. The van der Waals surface area contributed by atoms with Crippen LogP contribution in [0.1, 0.15) is 79.6 Å². The monoisotopic (exact) mass is 420 g/mol. The van der Waals surface area contributed by atoms with Crippen molar-refractivity contribution in [2.45, 2.75) is 97.9 Å². The Morgan fingerprint density at radius 1 is 1.20 bits per heavy atom. The molecule has 1 aliphatic heterocycles. The third-order valence-electron chi connectivity index (χ3n) is 7.82. The predicted octanol–water partition coefficient (Wildman–Crippen LogP) is 4.67. The highest BCUT2D eigenvalue weighted by Gasteiger charge is 2.46. The van der Waals surface area contributed by atoms with Crippen molar-refractivity contribution in [3.8, 4) is 0 Å². The minimum absolute atomic E-state index is 0.0611. The second kappa shape index (κ2) is 9.42. The van der Waals surface area contributed by atoms with Gasteiger partial charge in [0.05, 0.1) is 17.9 Å². The van der Waals surface area contributed by atoms with Crippen LogP contribution >= 0.6 is 0 Å². The molecule has 5 nitrogen and oxygen atoms in total. The number of carbonyl (C=O) groups excluding carboxylic acids is 2. The molecule has 1 N–H and O–H groups in total. The van der Waals surface area contributed by atoms with E-state index in [1.54, 1.807) is 0 Å². The standard InChI is InChI=1S/C25H40O5/c1-6-25(4,5)24(28)30-21-12-15(2)11-17-8-7-16(3)20(23(17)21)10-9-19-13-18(26)14-22(27)29-19/h7-8,15-21,23,26H,6,9-14H2,1-5H3. The number of ether oxygens (including phenoxy) is 2. The van der Waals surface area contributed by atoms with Crippen LogP contribution in [0.4, 0.5) is 0 Å². The highest BCUT2D eigenvalue weighted by Crippen LogP contribution is 2.48. The Hall–Kier alpha value is -1.36. The zero-order chi connectivity index (χ0) is 22.1. The number of hydrogen-bond donors (Lipinski definition) is 1. The lowest BCUT2D eigenvalue weighted by Gasteiger charge is -2.48. The van der Waals surface area contributed by atoms with Gasteiger partial charge in [-0.05, 0) is 69.6 Å². The fourth-order valence-electron chi connectivity index (χ4n) is 5.60. The Morgan fingerprint density at radius 2 is 1.93 bits per heavy atom. The van der Waals surface area contributed by atoms with Crippen LogP contribution in [0.15, 0.2) is 12.2 Å². The number of esters is 2. The van der Waals surface area contributed by atoms with Crippen molar-refractivity contribution < 1.29 is 24.2 Å². The van der Waals surface area contributed by atoms with E-state index in [1.807, 2.05) is 20.8 Å². The summed E-state index contributed by atoms with van der Waals surface area (Å²) in [5, 5.41) is 9.93. The van der Waals surface area contributed by atoms with Gasteiger partial charge < -0.3 is 14.6 Å². The van der Waals surface area contributed by atoms with Crippen LogP contribution in [0.25, 0.3) is 0 Å². The molecule has 0 radical (unpaired) electrons. The molecular weight excluding hydrogens is 380 g/mol. The molecule has 0 spiro atoms. The van der Waals surface area contributed by atoms with Crippen LogP contribution in [0, 0.1) is 35.0 Å². The topological polar surface area (TPSA) is 72.8 Å². The van der Waals surface area contributed by atoms with E-state index in [0.29, 0.717) is 36.0 Å². The molecule has 1 saturated carbocycles. The van der Waals surface area contributed by atoms with E-state index >= 15 is 0 Å². The van der Waals surface area contributed by atoms with Crippen LogP contribution in [-0.4, -0.2) is 35.4 Å². The highest BCUT2D eigenvalue weighted by atomic mass is 16.6. The van der Waals surface area contributed by atoms with Crippen LogP contribution in [0.3, 0.4) is 0 Å². The van der Waals surface area contributed by atoms with Crippen molar-refractivity contribution in [3.63, 3.8) is 0 Å². The molecule has 0 aromatic rings. The molecule has 0 bridgehead atoms. The van der Waals surface area contributed by atoms with Crippen molar-refractivity contribution in [1.82, 2.24) is 0 Å². The van der Waals surface area contributed by atoms with Gasteiger partial charge in [-0.2, -0.15) is 0 Å². The summed E-state index contributed by atoms with van der Waals surface area (Å²) >= 11 is 0. The maximum absolute atomic E-state index is 12.9. The summed E-state index contributed by atoms with van der Waals surface area (Å²) in [5.41, 5.74) is -0.464. The number of carbonyl (C=O) groups is 2. The van der Waals surface area contributed by atoms with Crippen LogP contribution in [0.2, 0.25) is 0 Å². The number of allylic oxidation sites excluding steroid dienone is 2. The zero-order valence-corrected chi connectivity index (χ0v) is 19.3. The SMILES string of the molecule is CCC(C)(C)C(=O)OC1CC(C)CC2C=CC(C)C(CCC3CC(O)CC(=O)O3)C21. The molecule has 1 heterocycles. The van der Waals surface area contributed by atoms with Gasteiger partial charge in [0.2, 0.25) is 0 Å². The Kier molecular flexibility index (Phi) is 7.32. The molecule has 1 saturated heterocycles. The summed E-state index contributed by atoms with van der Waals surface area (Å²) in [4.78, 5) is 24.6. The van der Waals surface area contributed by atoms with Gasteiger partial charge in [0.15, 0.2) is 0 Å². The summed E-state index contributed by atoms with van der Waals surface area (Å²) in [7, 11) is 0. The average molecular weight is 421 g/mol. The molecule has 170 valence electrons. The Labute approximate surface area is 181 Å². The molecule has 3 aliphatic rings. The Morgan fingerprint density at radius 3 is 2.60 bits per heavy atom. The van der Waals surface area contributed by atoms with E-state index < -0.39 is 11.5 Å². The van der Waals surface area contributed by atoms with E-state index in [1.165, 1.54) is 0 Å². The summed E-state index contributed by atoms with van der Waals surface area (Å²) in [6.45, 7) is 10.4. The maximum atomic E-state index is 12.9. The normalized spacial score (nSPS) is 39.2. The number of aliphatic hydroxyl groups excluding tert-OH is 1. The second-order valence-electron chi connectivity index (χ2n) is 10.7. The third-order valence-corrected chi connectivity index (χ3v) is 7.82. The fourth-order valence-corrected chi connectivity index (χ4v) is 5.60. The van der Waals surface area contributed by atoms with Gasteiger partial charge in [-0.15, -0.1) is 0 Å². The molecule has 2 aliphatic carbocycles. The van der Waals surface area contributed by atoms with E-state index in [0.717, 1.165) is 32.1 Å². The minimum atomic E-state index is -0.590. The van der Waals surface area contributed by atoms with Crippen LogP contribution in [0.5, 0.6) is 0 Å². The van der Waals surface area contributed by atoms with Gasteiger partial charge >= 0.3 is 11.9 Å². The molecule has 8 unspecified atom stereocenters. The number of hydrogen-bond acceptors (Lipinski definition) is 5. The molecule has 0 aromatic heterocycles. The van der Waals surface area contributed by atoms with Crippen LogP contribution in [-0.2, 0) is 19.1 Å². The van der Waals surface area contributed by atoms with E-state index in [9.17, 15) is 14.7 Å². The van der Waals surface area contributed by atoms with Gasteiger partial charge in [-0.1, -0.05) is 32.9 Å². The van der Waals surface area contributed by atoms with Crippen molar-refractivity contribution >= 4 is 11.9 Å². The average Bonchev–Trinajstić information content (AvgIpc) is 2.66. The molecular formula is C25H40O5. The summed E-state index contributed by atoms with van der Waals surface area (Å²) in [6.07, 6.45) is 8.91. The first-order chi connectivity index (χ1) is 14.1. The third kappa shape index (κ3) is 5.27.